The molecule has 0 rings (SSSR count). The normalized spacial score (nSPS) is 14.4. The van der Waals surface area contributed by atoms with E-state index < -0.39 is 0 Å². The number of hydrogen-bond acceptors (Lipinski definition) is 0. The highest BCUT2D eigenvalue weighted by molar-refractivity contribution is 4.57. The first-order valence-corrected chi connectivity index (χ1v) is 3.56. The van der Waals surface area contributed by atoms with Gasteiger partial charge in [-0.3, -0.25) is 0 Å². The lowest BCUT2D eigenvalue weighted by Crippen LogP contribution is -2.04. The number of hydrogen-bond donors (Lipinski definition) is 0. The lowest BCUT2D eigenvalue weighted by Gasteiger charge is -2.15. The molecular weight excluding hydrogens is 96.1 g/mol. The van der Waals surface area contributed by atoms with Gasteiger partial charge in [-0.25, -0.2) is 0 Å². The van der Waals surface area contributed by atoms with Crippen molar-refractivity contribution in [3.63, 3.8) is 0 Å². The molecule has 8 heavy (non-hydrogen) atoms. The fourth-order valence-corrected chi connectivity index (χ4v) is 1.07. The van der Waals surface area contributed by atoms with Crippen molar-refractivity contribution in [2.24, 2.45) is 11.8 Å². The Kier molecular flexibility index (Phi) is 3.01. The maximum Gasteiger partial charge on any atom is 0.0305 e. The summed E-state index contributed by atoms with van der Waals surface area (Å²) in [5, 5.41) is 0. The molecular formula is C8H18. The molecule has 0 bridgehead atoms. The van der Waals surface area contributed by atoms with E-state index >= 15 is 0 Å². The van der Waals surface area contributed by atoms with Gasteiger partial charge in [-0.05, 0) is 11.8 Å². The molecule has 0 N–H and O–H groups in total. The van der Waals surface area contributed by atoms with E-state index in [0.29, 0.717) is 5.92 Å². The predicted octanol–water partition coefficient (Wildman–Crippen LogP) is 3.08. The van der Waals surface area contributed by atoms with Gasteiger partial charge in [0.25, 0.3) is 0 Å². The van der Waals surface area contributed by atoms with E-state index in [2.05, 4.69) is 27.7 Å². The van der Waals surface area contributed by atoms with Crippen LogP contribution in [0.4, 0.5) is 0 Å². The average molecular weight is 115 g/mol. The second kappa shape index (κ2) is 3.94. The van der Waals surface area contributed by atoms with Crippen molar-refractivity contribution in [1.29, 1.82) is 0 Å². The molecule has 50 valence electrons. The van der Waals surface area contributed by atoms with Crippen molar-refractivity contribution >= 4 is 0 Å². The molecule has 0 atom stereocenters. The fourth-order valence-electron chi connectivity index (χ4n) is 1.07. The maximum atomic E-state index is 7.87. The van der Waals surface area contributed by atoms with Gasteiger partial charge in [-0.15, -0.1) is 0 Å². The fraction of sp³-hybridized carbons (Fsp3) is 1.00. The molecule has 0 aromatic heterocycles. The minimum Gasteiger partial charge on any atom is -0.0651 e. The summed E-state index contributed by atoms with van der Waals surface area (Å²) in [4.78, 5) is 0. The molecule has 0 aromatic carbocycles. The molecule has 0 unspecified atom stereocenters. The van der Waals surface area contributed by atoms with E-state index in [-0.39, 0.29) is 5.89 Å². The second-order valence-electron chi connectivity index (χ2n) is 2.52. The summed E-state index contributed by atoms with van der Waals surface area (Å²) >= 11 is 0. The highest BCUT2D eigenvalue weighted by Crippen LogP contribution is 2.17. The minimum absolute atomic E-state index is 0.167. The van der Waals surface area contributed by atoms with E-state index in [1.54, 1.807) is 0 Å². The van der Waals surface area contributed by atoms with Gasteiger partial charge in [0.05, 0.1) is 0 Å². The summed E-state index contributed by atoms with van der Waals surface area (Å²) < 4.78 is 7.87. The third-order valence-corrected chi connectivity index (χ3v) is 1.72. The Morgan fingerprint density at radius 3 is 1.62 bits per heavy atom. The van der Waals surface area contributed by atoms with Crippen LogP contribution in [0.1, 0.15) is 41.9 Å². The van der Waals surface area contributed by atoms with E-state index in [1.165, 1.54) is 0 Å². The molecule has 0 heteroatoms. The van der Waals surface area contributed by atoms with Gasteiger partial charge in [0.2, 0.25) is 0 Å². The molecule has 0 amide bonds. The lowest BCUT2D eigenvalue weighted by atomic mass is 9.91. The van der Waals surface area contributed by atoms with Crippen LogP contribution >= 0.6 is 0 Å². The Balaban J connectivity index is 3.92. The third kappa shape index (κ3) is 2.34. The molecule has 0 aliphatic rings. The van der Waals surface area contributed by atoms with Crippen LogP contribution in [0.2, 0.25) is 0 Å². The molecule has 0 aliphatic carbocycles. The second-order valence-corrected chi connectivity index (χ2v) is 2.52. The molecule has 0 saturated heterocycles. The summed E-state index contributed by atoms with van der Waals surface area (Å²) in [6.07, 6.45) is 1.95. The van der Waals surface area contributed by atoms with Crippen LogP contribution in [0.15, 0.2) is 0 Å². The monoisotopic (exact) mass is 115 g/mol. The first kappa shape index (κ1) is 6.12. The van der Waals surface area contributed by atoms with Gasteiger partial charge in [0, 0.05) is 1.37 Å². The first-order chi connectivity index (χ1) is 4.06. The SMILES string of the molecule is [2H]C(CC)(CC)C(C)C. The highest BCUT2D eigenvalue weighted by atomic mass is 14.1. The lowest BCUT2D eigenvalue weighted by molar-refractivity contribution is 0.362. The Morgan fingerprint density at radius 2 is 1.62 bits per heavy atom. The van der Waals surface area contributed by atoms with Gasteiger partial charge in [0.15, 0.2) is 0 Å². The van der Waals surface area contributed by atoms with Gasteiger partial charge < -0.3 is 0 Å². The van der Waals surface area contributed by atoms with Crippen molar-refractivity contribution in [2.75, 3.05) is 0 Å². The van der Waals surface area contributed by atoms with E-state index in [4.69, 9.17) is 1.37 Å². The van der Waals surface area contributed by atoms with Crippen LogP contribution in [-0.2, 0) is 0 Å². The highest BCUT2D eigenvalue weighted by Gasteiger charge is 2.06. The van der Waals surface area contributed by atoms with Crippen molar-refractivity contribution in [1.82, 2.24) is 0 Å². The molecule has 0 aliphatic heterocycles. The van der Waals surface area contributed by atoms with Gasteiger partial charge in [-0.1, -0.05) is 40.5 Å². The van der Waals surface area contributed by atoms with Gasteiger partial charge >= 0.3 is 0 Å². The van der Waals surface area contributed by atoms with Crippen LogP contribution in [0, 0.1) is 11.8 Å². The quantitative estimate of drug-likeness (QED) is 0.530. The molecule has 0 saturated carbocycles. The number of rotatable bonds is 3. The summed E-state index contributed by atoms with van der Waals surface area (Å²) in [6.45, 7) is 8.44. The van der Waals surface area contributed by atoms with Crippen molar-refractivity contribution in [2.45, 2.75) is 40.5 Å². The standard InChI is InChI=1S/C8H18/c1-5-8(6-2)7(3)4/h7-8H,5-6H2,1-4H3/i8D. The Bertz CT molecular complexity index is 72.6. The Hall–Kier alpha value is 0. The summed E-state index contributed by atoms with van der Waals surface area (Å²) in [5.41, 5.74) is 0. The summed E-state index contributed by atoms with van der Waals surface area (Å²) in [7, 11) is 0. The van der Waals surface area contributed by atoms with Gasteiger partial charge in [-0.2, -0.15) is 0 Å². The summed E-state index contributed by atoms with van der Waals surface area (Å²) in [5.74, 6) is 0.326. The largest absolute Gasteiger partial charge is 0.0651 e. The molecule has 0 heterocycles. The van der Waals surface area contributed by atoms with Crippen LogP contribution in [0.3, 0.4) is 0 Å². The van der Waals surface area contributed by atoms with Crippen molar-refractivity contribution in [3.8, 4) is 0 Å². The first-order valence-electron chi connectivity index (χ1n) is 4.06. The topological polar surface area (TPSA) is 0 Å². The smallest absolute Gasteiger partial charge is 0.0305 e. The van der Waals surface area contributed by atoms with E-state index in [0.717, 1.165) is 12.8 Å². The third-order valence-electron chi connectivity index (χ3n) is 1.72. The van der Waals surface area contributed by atoms with Crippen molar-refractivity contribution in [3.05, 3.63) is 0 Å². The average Bonchev–Trinajstić information content (AvgIpc) is 1.86. The van der Waals surface area contributed by atoms with E-state index in [1.807, 2.05) is 0 Å². The molecule has 0 radical (unpaired) electrons. The molecule has 0 fully saturated rings. The van der Waals surface area contributed by atoms with Crippen molar-refractivity contribution < 1.29 is 1.37 Å². The molecule has 0 nitrogen and oxygen atoms in total. The van der Waals surface area contributed by atoms with Crippen LogP contribution in [0.25, 0.3) is 0 Å². The predicted molar refractivity (Wildman–Crippen MR) is 38.9 cm³/mol. The Morgan fingerprint density at radius 1 is 1.25 bits per heavy atom. The molecule has 0 spiro atoms. The molecule has 0 aromatic rings. The minimum atomic E-state index is -0.167. The van der Waals surface area contributed by atoms with Gasteiger partial charge in [0.1, 0.15) is 0 Å². The Labute approximate surface area is 54.7 Å². The maximum absolute atomic E-state index is 7.87. The van der Waals surface area contributed by atoms with E-state index in [9.17, 15) is 0 Å². The summed E-state index contributed by atoms with van der Waals surface area (Å²) in [6, 6.07) is 0. The zero-order valence-corrected chi connectivity index (χ0v) is 6.49. The zero-order chi connectivity index (χ0) is 7.49. The van der Waals surface area contributed by atoms with Crippen LogP contribution in [0.5, 0.6) is 0 Å². The van der Waals surface area contributed by atoms with Crippen LogP contribution in [-0.4, -0.2) is 0 Å². The zero-order valence-electron chi connectivity index (χ0n) is 7.49. The van der Waals surface area contributed by atoms with Crippen LogP contribution < -0.4 is 0 Å².